The van der Waals surface area contributed by atoms with Gasteiger partial charge in [-0.1, -0.05) is 19.4 Å². The van der Waals surface area contributed by atoms with E-state index in [1.807, 2.05) is 13.0 Å². The van der Waals surface area contributed by atoms with Gasteiger partial charge in [0, 0.05) is 13.0 Å². The number of fused-ring (bicyclic) bond motifs is 1. The van der Waals surface area contributed by atoms with Crippen molar-refractivity contribution in [1.82, 2.24) is 15.5 Å². The molecule has 0 aliphatic carbocycles. The second-order valence-corrected chi connectivity index (χ2v) is 6.72. The zero-order valence-corrected chi connectivity index (χ0v) is 15.0. The Morgan fingerprint density at radius 1 is 1.31 bits per heavy atom. The third-order valence-electron chi connectivity index (χ3n) is 4.49. The molecule has 0 unspecified atom stereocenters. The number of carbonyl (C=O) groups excluding carboxylic acids is 3. The van der Waals surface area contributed by atoms with Crippen molar-refractivity contribution in [3.8, 4) is 11.5 Å². The van der Waals surface area contributed by atoms with Crippen LogP contribution in [-0.4, -0.2) is 48.2 Å². The average molecular weight is 361 g/mol. The van der Waals surface area contributed by atoms with Gasteiger partial charge in [0.25, 0.3) is 5.91 Å². The number of unbranched alkanes of at least 4 members (excludes halogenated alkanes) is 1. The summed E-state index contributed by atoms with van der Waals surface area (Å²) in [6.07, 6.45) is 2.10. The summed E-state index contributed by atoms with van der Waals surface area (Å²) in [7, 11) is 0. The minimum absolute atomic E-state index is 0.173. The molecule has 8 nitrogen and oxygen atoms in total. The zero-order valence-electron chi connectivity index (χ0n) is 15.0. The Bertz CT molecular complexity index is 736. The second kappa shape index (κ2) is 7.23. The van der Waals surface area contributed by atoms with Gasteiger partial charge in [-0.25, -0.2) is 4.79 Å². The lowest BCUT2D eigenvalue weighted by Gasteiger charge is -2.21. The Labute approximate surface area is 151 Å². The van der Waals surface area contributed by atoms with E-state index < -0.39 is 17.5 Å². The fraction of sp³-hybridized carbons (Fsp3) is 0.500. The summed E-state index contributed by atoms with van der Waals surface area (Å²) in [4.78, 5) is 37.9. The van der Waals surface area contributed by atoms with Crippen molar-refractivity contribution in [3.63, 3.8) is 0 Å². The number of hydrogen-bond donors (Lipinski definition) is 2. The van der Waals surface area contributed by atoms with Gasteiger partial charge in [0.05, 0.1) is 0 Å². The van der Waals surface area contributed by atoms with Crippen LogP contribution in [0.5, 0.6) is 11.5 Å². The van der Waals surface area contributed by atoms with Gasteiger partial charge in [0.2, 0.25) is 12.7 Å². The number of rotatable bonds is 7. The zero-order chi connectivity index (χ0) is 18.7. The summed E-state index contributed by atoms with van der Waals surface area (Å²) in [5.74, 6) is 0.529. The van der Waals surface area contributed by atoms with Gasteiger partial charge in [-0.05, 0) is 31.0 Å². The number of nitrogens with one attached hydrogen (secondary N) is 2. The quantitative estimate of drug-likeness (QED) is 0.562. The van der Waals surface area contributed by atoms with E-state index in [1.54, 1.807) is 19.1 Å². The number of nitrogens with zero attached hydrogens (tertiary/aromatic N) is 1. The molecule has 2 heterocycles. The van der Waals surface area contributed by atoms with Gasteiger partial charge in [0.1, 0.15) is 12.1 Å². The molecule has 0 bridgehead atoms. The van der Waals surface area contributed by atoms with E-state index in [2.05, 4.69) is 10.6 Å². The third-order valence-corrected chi connectivity index (χ3v) is 4.49. The summed E-state index contributed by atoms with van der Waals surface area (Å²) in [5.41, 5.74) is -0.270. The number of ether oxygens (including phenoxy) is 2. The van der Waals surface area contributed by atoms with Crippen molar-refractivity contribution >= 4 is 17.8 Å². The largest absolute Gasteiger partial charge is 0.454 e. The number of carbonyl (C=O) groups is 3. The number of urea groups is 1. The summed E-state index contributed by atoms with van der Waals surface area (Å²) in [6, 6.07) is 4.86. The first-order valence-corrected chi connectivity index (χ1v) is 8.72. The molecule has 140 valence electrons. The molecule has 4 amide bonds. The maximum Gasteiger partial charge on any atom is 0.325 e. The molecule has 0 spiro atoms. The van der Waals surface area contributed by atoms with Crippen molar-refractivity contribution < 1.29 is 23.9 Å². The Morgan fingerprint density at radius 2 is 2.08 bits per heavy atom. The normalized spacial score (nSPS) is 21.1. The molecule has 26 heavy (non-hydrogen) atoms. The Hall–Kier alpha value is -2.77. The molecule has 2 N–H and O–H groups in total. The molecule has 2 aliphatic rings. The Morgan fingerprint density at radius 3 is 2.85 bits per heavy atom. The van der Waals surface area contributed by atoms with Crippen LogP contribution in [0, 0.1) is 0 Å². The maximum absolute atomic E-state index is 12.7. The predicted molar refractivity (Wildman–Crippen MR) is 92.8 cm³/mol. The average Bonchev–Trinajstić information content (AvgIpc) is 3.13. The molecule has 1 aromatic rings. The Kier molecular flexibility index (Phi) is 5.01. The second-order valence-electron chi connectivity index (χ2n) is 6.72. The first-order valence-electron chi connectivity index (χ1n) is 8.72. The monoisotopic (exact) mass is 361 g/mol. The molecule has 1 fully saturated rings. The highest BCUT2D eigenvalue weighted by molar-refractivity contribution is 6.08. The van der Waals surface area contributed by atoms with Crippen LogP contribution in [-0.2, 0) is 16.0 Å². The highest BCUT2D eigenvalue weighted by atomic mass is 16.7. The van der Waals surface area contributed by atoms with E-state index in [4.69, 9.17) is 9.47 Å². The van der Waals surface area contributed by atoms with E-state index >= 15 is 0 Å². The standard InChI is InChI=1S/C18H23N3O5/c1-3-4-7-19-15(22)10-21-16(23)18(2,20-17(21)24)9-12-5-6-13-14(8-12)26-11-25-13/h5-6,8H,3-4,7,9-11H2,1-2H3,(H,19,22)(H,20,24)/t18-/m0/s1. The molecule has 1 aromatic carbocycles. The molecule has 2 aliphatic heterocycles. The van der Waals surface area contributed by atoms with Gasteiger partial charge < -0.3 is 20.1 Å². The van der Waals surface area contributed by atoms with Gasteiger partial charge >= 0.3 is 6.03 Å². The highest BCUT2D eigenvalue weighted by Gasteiger charge is 2.48. The van der Waals surface area contributed by atoms with Crippen LogP contribution in [0.1, 0.15) is 32.3 Å². The van der Waals surface area contributed by atoms with Gasteiger partial charge in [-0.2, -0.15) is 0 Å². The molecule has 8 heteroatoms. The van der Waals surface area contributed by atoms with Crippen LogP contribution in [0.4, 0.5) is 4.79 Å². The number of benzene rings is 1. The van der Waals surface area contributed by atoms with Gasteiger partial charge in [-0.15, -0.1) is 0 Å². The van der Waals surface area contributed by atoms with Crippen LogP contribution in [0.25, 0.3) is 0 Å². The van der Waals surface area contributed by atoms with E-state index in [0.717, 1.165) is 23.3 Å². The highest BCUT2D eigenvalue weighted by Crippen LogP contribution is 2.34. The minimum Gasteiger partial charge on any atom is -0.454 e. The van der Waals surface area contributed by atoms with Crippen molar-refractivity contribution in [2.24, 2.45) is 0 Å². The summed E-state index contributed by atoms with van der Waals surface area (Å²) >= 11 is 0. The van der Waals surface area contributed by atoms with E-state index in [-0.39, 0.29) is 19.2 Å². The molecular weight excluding hydrogens is 338 g/mol. The molecular formula is C18H23N3O5. The van der Waals surface area contributed by atoms with Gasteiger partial charge in [-0.3, -0.25) is 14.5 Å². The predicted octanol–water partition coefficient (Wildman–Crippen LogP) is 1.18. The van der Waals surface area contributed by atoms with Crippen molar-refractivity contribution in [2.75, 3.05) is 19.9 Å². The SMILES string of the molecule is CCCCNC(=O)CN1C(=O)N[C@@](C)(Cc2ccc3c(c2)OCO3)C1=O. The molecule has 1 saturated heterocycles. The summed E-state index contributed by atoms with van der Waals surface area (Å²) in [6.45, 7) is 4.11. The fourth-order valence-electron chi connectivity index (χ4n) is 3.07. The first kappa shape index (κ1) is 18.0. The molecule has 0 aromatic heterocycles. The molecule has 3 rings (SSSR count). The van der Waals surface area contributed by atoms with Crippen LogP contribution >= 0.6 is 0 Å². The smallest absolute Gasteiger partial charge is 0.325 e. The summed E-state index contributed by atoms with van der Waals surface area (Å²) < 4.78 is 10.6. The van der Waals surface area contributed by atoms with Crippen molar-refractivity contribution in [1.29, 1.82) is 0 Å². The van der Waals surface area contributed by atoms with E-state index in [1.165, 1.54) is 0 Å². The minimum atomic E-state index is -1.10. The molecule has 0 radical (unpaired) electrons. The maximum atomic E-state index is 12.7. The Balaban J connectivity index is 1.66. The topological polar surface area (TPSA) is 97.0 Å². The molecule has 0 saturated carbocycles. The third kappa shape index (κ3) is 3.58. The summed E-state index contributed by atoms with van der Waals surface area (Å²) in [5, 5.41) is 5.42. The van der Waals surface area contributed by atoms with Crippen LogP contribution < -0.4 is 20.1 Å². The van der Waals surface area contributed by atoms with Crippen LogP contribution in [0.2, 0.25) is 0 Å². The molecule has 1 atom stereocenters. The number of imide groups is 1. The lowest BCUT2D eigenvalue weighted by molar-refractivity contribution is -0.134. The lowest BCUT2D eigenvalue weighted by atomic mass is 9.92. The van der Waals surface area contributed by atoms with Crippen molar-refractivity contribution in [2.45, 2.75) is 38.6 Å². The first-order chi connectivity index (χ1) is 12.4. The van der Waals surface area contributed by atoms with Crippen LogP contribution in [0.3, 0.4) is 0 Å². The number of amides is 4. The van der Waals surface area contributed by atoms with E-state index in [0.29, 0.717) is 24.5 Å². The van der Waals surface area contributed by atoms with Gasteiger partial charge in [0.15, 0.2) is 11.5 Å². The number of hydrogen-bond acceptors (Lipinski definition) is 5. The van der Waals surface area contributed by atoms with Crippen molar-refractivity contribution in [3.05, 3.63) is 23.8 Å². The van der Waals surface area contributed by atoms with Crippen LogP contribution in [0.15, 0.2) is 18.2 Å². The fourth-order valence-corrected chi connectivity index (χ4v) is 3.07. The van der Waals surface area contributed by atoms with E-state index in [9.17, 15) is 14.4 Å². The lowest BCUT2D eigenvalue weighted by Crippen LogP contribution is -2.46.